The van der Waals surface area contributed by atoms with Crippen LogP contribution in [0, 0.1) is 24.0 Å². The average Bonchev–Trinajstić information content (AvgIpc) is 3.37. The zero-order valence-corrected chi connectivity index (χ0v) is 22.8. The Morgan fingerprint density at radius 1 is 1.08 bits per heavy atom. The van der Waals surface area contributed by atoms with Crippen LogP contribution in [-0.2, 0) is 6.54 Å². The van der Waals surface area contributed by atoms with Crippen LogP contribution in [0.15, 0.2) is 47.8 Å². The van der Waals surface area contributed by atoms with Crippen LogP contribution < -0.4 is 10.2 Å². The van der Waals surface area contributed by atoms with E-state index in [2.05, 4.69) is 15.2 Å². The maximum atomic E-state index is 13.1. The molecule has 0 radical (unpaired) electrons. The molecule has 1 aliphatic heterocycles. The van der Waals surface area contributed by atoms with E-state index in [0.29, 0.717) is 43.4 Å². The third-order valence-corrected chi connectivity index (χ3v) is 7.50. The lowest BCUT2D eigenvalue weighted by atomic mass is 10.1. The Balaban J connectivity index is 1.36. The topological polar surface area (TPSA) is 112 Å². The van der Waals surface area contributed by atoms with Crippen LogP contribution in [0.1, 0.15) is 40.5 Å². The average molecular weight is 537 g/mol. The van der Waals surface area contributed by atoms with Crippen molar-refractivity contribution in [2.24, 2.45) is 0 Å². The van der Waals surface area contributed by atoms with E-state index < -0.39 is 4.92 Å². The Kier molecular flexibility index (Phi) is 8.26. The number of non-ortho nitro benzene ring substituents is 1. The molecule has 1 aliphatic rings. The van der Waals surface area contributed by atoms with Crippen LogP contribution in [0.5, 0.6) is 0 Å². The number of nitro benzene ring substituents is 1. The summed E-state index contributed by atoms with van der Waals surface area (Å²) in [6, 6.07) is 12.1. The Labute approximate surface area is 226 Å². The Morgan fingerprint density at radius 3 is 2.29 bits per heavy atom. The Morgan fingerprint density at radius 2 is 1.71 bits per heavy atom. The third-order valence-electron chi connectivity index (χ3n) is 6.67. The number of thiazole rings is 1. The molecule has 1 saturated heterocycles. The lowest BCUT2D eigenvalue weighted by molar-refractivity contribution is -0.384. The first kappa shape index (κ1) is 27.1. The number of para-hydroxylation sites is 1. The van der Waals surface area contributed by atoms with Gasteiger partial charge in [-0.15, -0.1) is 11.3 Å². The second-order valence-corrected chi connectivity index (χ2v) is 10.5. The van der Waals surface area contributed by atoms with E-state index in [9.17, 15) is 19.7 Å². The van der Waals surface area contributed by atoms with Crippen molar-refractivity contribution in [3.05, 3.63) is 79.8 Å². The standard InChI is InChI=1S/C27H32N6O4S/c1-18(2)32(27(35)29-25-19(3)6-5-7-20(25)4)16-24-28-23(17-38-24)26(34)31-14-12-30(13-15-31)21-8-10-22(11-9-21)33(36)37/h5-11,17-18H,12-16H2,1-4H3,(H,29,35). The van der Waals surface area contributed by atoms with E-state index in [1.165, 1.54) is 23.5 Å². The fourth-order valence-electron chi connectivity index (χ4n) is 4.42. The van der Waals surface area contributed by atoms with Gasteiger partial charge in [0.1, 0.15) is 10.7 Å². The fraction of sp³-hybridized carbons (Fsp3) is 0.370. The second-order valence-electron chi connectivity index (χ2n) is 9.60. The van der Waals surface area contributed by atoms with Crippen LogP contribution in [-0.4, -0.2) is 63.9 Å². The molecule has 1 aromatic heterocycles. The van der Waals surface area contributed by atoms with E-state index in [4.69, 9.17) is 0 Å². The van der Waals surface area contributed by atoms with Crippen molar-refractivity contribution in [2.75, 3.05) is 36.4 Å². The van der Waals surface area contributed by atoms with Gasteiger partial charge in [0, 0.05) is 61.1 Å². The molecule has 1 fully saturated rings. The van der Waals surface area contributed by atoms with Crippen molar-refractivity contribution in [2.45, 2.75) is 40.3 Å². The molecule has 200 valence electrons. The summed E-state index contributed by atoms with van der Waals surface area (Å²) in [5, 5.41) is 16.4. The number of urea groups is 1. The van der Waals surface area contributed by atoms with Gasteiger partial charge in [-0.2, -0.15) is 0 Å². The molecular formula is C27H32N6O4S. The summed E-state index contributed by atoms with van der Waals surface area (Å²) in [5.41, 5.74) is 4.14. The number of aromatic nitrogens is 1. The molecule has 0 aliphatic carbocycles. The minimum absolute atomic E-state index is 0.0562. The van der Waals surface area contributed by atoms with E-state index >= 15 is 0 Å². The predicted octanol–water partition coefficient (Wildman–Crippen LogP) is 5.07. The minimum atomic E-state index is -0.416. The zero-order valence-electron chi connectivity index (χ0n) is 22.0. The number of aryl methyl sites for hydroxylation is 2. The number of carbonyl (C=O) groups excluding carboxylic acids is 2. The number of anilines is 2. The Hall–Kier alpha value is -3.99. The normalized spacial score (nSPS) is 13.5. The highest BCUT2D eigenvalue weighted by molar-refractivity contribution is 7.09. The van der Waals surface area contributed by atoms with Gasteiger partial charge in [-0.25, -0.2) is 9.78 Å². The maximum absolute atomic E-state index is 13.1. The first-order valence-corrected chi connectivity index (χ1v) is 13.4. The second kappa shape index (κ2) is 11.6. The smallest absolute Gasteiger partial charge is 0.322 e. The maximum Gasteiger partial charge on any atom is 0.322 e. The van der Waals surface area contributed by atoms with Crippen molar-refractivity contribution in [1.82, 2.24) is 14.8 Å². The monoisotopic (exact) mass is 536 g/mol. The van der Waals surface area contributed by atoms with Crippen molar-refractivity contribution in [3.8, 4) is 0 Å². The van der Waals surface area contributed by atoms with Gasteiger partial charge >= 0.3 is 6.03 Å². The lowest BCUT2D eigenvalue weighted by Crippen LogP contribution is -2.48. The summed E-state index contributed by atoms with van der Waals surface area (Å²) in [6.07, 6.45) is 0. The molecule has 0 saturated carbocycles. The van der Waals surface area contributed by atoms with Gasteiger partial charge < -0.3 is 20.0 Å². The van der Waals surface area contributed by atoms with E-state index in [1.807, 2.05) is 45.9 Å². The summed E-state index contributed by atoms with van der Waals surface area (Å²) < 4.78 is 0. The molecule has 0 spiro atoms. The molecule has 11 heteroatoms. The molecule has 4 rings (SSSR count). The Bertz CT molecular complexity index is 1300. The summed E-state index contributed by atoms with van der Waals surface area (Å²) >= 11 is 1.37. The molecule has 3 amide bonds. The lowest BCUT2D eigenvalue weighted by Gasteiger charge is -2.35. The largest absolute Gasteiger partial charge is 0.368 e. The van der Waals surface area contributed by atoms with Gasteiger partial charge in [-0.1, -0.05) is 18.2 Å². The predicted molar refractivity (Wildman–Crippen MR) is 149 cm³/mol. The minimum Gasteiger partial charge on any atom is -0.368 e. The molecule has 2 heterocycles. The van der Waals surface area contributed by atoms with Crippen LogP contribution in [0.2, 0.25) is 0 Å². The molecule has 2 aromatic carbocycles. The van der Waals surface area contributed by atoms with Crippen LogP contribution >= 0.6 is 11.3 Å². The number of carbonyl (C=O) groups is 2. The number of nitro groups is 1. The van der Waals surface area contributed by atoms with Gasteiger partial charge in [0.2, 0.25) is 0 Å². The van der Waals surface area contributed by atoms with Crippen molar-refractivity contribution in [1.29, 1.82) is 0 Å². The number of nitrogens with zero attached hydrogens (tertiary/aromatic N) is 5. The number of benzene rings is 2. The molecule has 1 N–H and O–H groups in total. The number of amides is 3. The quantitative estimate of drug-likeness (QED) is 0.333. The number of hydrogen-bond donors (Lipinski definition) is 1. The van der Waals surface area contributed by atoms with E-state index in [0.717, 1.165) is 22.5 Å². The van der Waals surface area contributed by atoms with Crippen LogP contribution in [0.4, 0.5) is 21.9 Å². The zero-order chi connectivity index (χ0) is 27.4. The van der Waals surface area contributed by atoms with Crippen LogP contribution in [0.3, 0.4) is 0 Å². The molecule has 3 aromatic rings. The summed E-state index contributed by atoms with van der Waals surface area (Å²) in [7, 11) is 0. The number of nitrogens with one attached hydrogen (secondary N) is 1. The SMILES string of the molecule is Cc1cccc(C)c1NC(=O)N(Cc1nc(C(=O)N2CCN(c3ccc([N+](=O)[O-])cc3)CC2)cs1)C(C)C. The van der Waals surface area contributed by atoms with Crippen molar-refractivity contribution >= 4 is 40.3 Å². The summed E-state index contributed by atoms with van der Waals surface area (Å²) in [5.74, 6) is -0.132. The van der Waals surface area contributed by atoms with Crippen molar-refractivity contribution < 1.29 is 14.5 Å². The number of rotatable bonds is 7. The fourth-order valence-corrected chi connectivity index (χ4v) is 5.19. The highest BCUT2D eigenvalue weighted by atomic mass is 32.1. The molecule has 38 heavy (non-hydrogen) atoms. The highest BCUT2D eigenvalue weighted by Crippen LogP contribution is 2.23. The van der Waals surface area contributed by atoms with Crippen molar-refractivity contribution in [3.63, 3.8) is 0 Å². The van der Waals surface area contributed by atoms with Gasteiger partial charge in [-0.3, -0.25) is 14.9 Å². The number of hydrogen-bond acceptors (Lipinski definition) is 7. The van der Waals surface area contributed by atoms with Gasteiger partial charge in [0.05, 0.1) is 11.5 Å². The van der Waals surface area contributed by atoms with Gasteiger partial charge in [0.25, 0.3) is 11.6 Å². The first-order valence-electron chi connectivity index (χ1n) is 12.5. The van der Waals surface area contributed by atoms with Gasteiger partial charge in [0.15, 0.2) is 0 Å². The molecule has 10 nitrogen and oxygen atoms in total. The van der Waals surface area contributed by atoms with Crippen LogP contribution in [0.25, 0.3) is 0 Å². The molecule has 0 atom stereocenters. The summed E-state index contributed by atoms with van der Waals surface area (Å²) in [6.45, 7) is 10.4. The number of piperazine rings is 1. The summed E-state index contributed by atoms with van der Waals surface area (Å²) in [4.78, 5) is 46.9. The van der Waals surface area contributed by atoms with Gasteiger partial charge in [-0.05, 0) is 51.0 Å². The van der Waals surface area contributed by atoms with E-state index in [1.54, 1.807) is 27.3 Å². The molecule has 0 bridgehead atoms. The first-order chi connectivity index (χ1) is 18.1. The van der Waals surface area contributed by atoms with E-state index in [-0.39, 0.29) is 23.7 Å². The molecule has 0 unspecified atom stereocenters. The third kappa shape index (κ3) is 6.10. The molecular weight excluding hydrogens is 504 g/mol. The highest BCUT2D eigenvalue weighted by Gasteiger charge is 2.26.